The van der Waals surface area contributed by atoms with Crippen LogP contribution in [0.5, 0.6) is 0 Å². The number of carbonyl (C=O) groups is 2. The molecule has 5 nitrogen and oxygen atoms in total. The van der Waals surface area contributed by atoms with Crippen molar-refractivity contribution in [3.8, 4) is 0 Å². The fourth-order valence-electron chi connectivity index (χ4n) is 2.28. The van der Waals surface area contributed by atoms with Crippen LogP contribution in [-0.2, 0) is 9.59 Å². The number of unbranched alkanes of at least 4 members (excludes halogenated alkanes) is 1. The fourth-order valence-corrected chi connectivity index (χ4v) is 2.28. The molecule has 1 aliphatic heterocycles. The molecule has 2 rings (SSSR count). The van der Waals surface area contributed by atoms with Crippen molar-refractivity contribution in [2.45, 2.75) is 39.2 Å². The van der Waals surface area contributed by atoms with Gasteiger partial charge in [0, 0.05) is 13.0 Å². The van der Waals surface area contributed by atoms with E-state index in [1.54, 1.807) is 0 Å². The third kappa shape index (κ3) is 4.43. The molecule has 0 aromatic heterocycles. The van der Waals surface area contributed by atoms with Crippen LogP contribution in [0.2, 0.25) is 0 Å². The molecule has 1 unspecified atom stereocenters. The van der Waals surface area contributed by atoms with E-state index in [0.29, 0.717) is 24.3 Å². The van der Waals surface area contributed by atoms with Gasteiger partial charge < -0.3 is 10.6 Å². The van der Waals surface area contributed by atoms with Gasteiger partial charge in [-0.05, 0) is 31.0 Å². The Morgan fingerprint density at radius 1 is 1.27 bits per heavy atom. The van der Waals surface area contributed by atoms with Crippen LogP contribution in [0.15, 0.2) is 30.4 Å². The molecule has 2 amide bonds. The van der Waals surface area contributed by atoms with Gasteiger partial charge in [-0.1, -0.05) is 31.6 Å². The normalized spacial score (nSPS) is 16.5. The number of amides is 2. The smallest absolute Gasteiger partial charge is 0.245 e. The summed E-state index contributed by atoms with van der Waals surface area (Å²) in [6, 6.07) is 5.29. The molecule has 3 N–H and O–H groups in total. The SMILES string of the molecule is CCCCC(=O)Nc1ccc(C)cc1NC(=O)C1C=CCN1. The highest BCUT2D eigenvalue weighted by molar-refractivity contribution is 6.02. The minimum absolute atomic E-state index is 0.0277. The highest BCUT2D eigenvalue weighted by atomic mass is 16.2. The van der Waals surface area contributed by atoms with Crippen molar-refractivity contribution in [3.05, 3.63) is 35.9 Å². The zero-order chi connectivity index (χ0) is 15.9. The Labute approximate surface area is 131 Å². The van der Waals surface area contributed by atoms with Gasteiger partial charge in [0.05, 0.1) is 11.4 Å². The van der Waals surface area contributed by atoms with Crippen LogP contribution in [0.4, 0.5) is 11.4 Å². The van der Waals surface area contributed by atoms with Crippen LogP contribution in [-0.4, -0.2) is 24.4 Å². The van der Waals surface area contributed by atoms with Crippen molar-refractivity contribution in [1.29, 1.82) is 0 Å². The second kappa shape index (κ2) is 7.75. The van der Waals surface area contributed by atoms with Crippen molar-refractivity contribution < 1.29 is 9.59 Å². The van der Waals surface area contributed by atoms with E-state index in [2.05, 4.69) is 16.0 Å². The Balaban J connectivity index is 2.08. The van der Waals surface area contributed by atoms with Crippen LogP contribution in [0.3, 0.4) is 0 Å². The topological polar surface area (TPSA) is 70.2 Å². The van der Waals surface area contributed by atoms with E-state index in [4.69, 9.17) is 0 Å². The van der Waals surface area contributed by atoms with E-state index < -0.39 is 0 Å². The Morgan fingerprint density at radius 3 is 2.77 bits per heavy atom. The van der Waals surface area contributed by atoms with Gasteiger partial charge in [0.1, 0.15) is 6.04 Å². The Kier molecular flexibility index (Phi) is 5.72. The number of anilines is 2. The summed E-state index contributed by atoms with van der Waals surface area (Å²) < 4.78 is 0. The predicted molar refractivity (Wildman–Crippen MR) is 88.9 cm³/mol. The van der Waals surface area contributed by atoms with Crippen LogP contribution < -0.4 is 16.0 Å². The number of nitrogens with one attached hydrogen (secondary N) is 3. The molecule has 1 aromatic carbocycles. The van der Waals surface area contributed by atoms with Gasteiger partial charge >= 0.3 is 0 Å². The minimum atomic E-state index is -0.316. The van der Waals surface area contributed by atoms with Crippen molar-refractivity contribution in [3.63, 3.8) is 0 Å². The maximum atomic E-state index is 12.2. The maximum Gasteiger partial charge on any atom is 0.245 e. The van der Waals surface area contributed by atoms with Gasteiger partial charge in [-0.15, -0.1) is 0 Å². The molecule has 1 aromatic rings. The van der Waals surface area contributed by atoms with Crippen LogP contribution in [0.25, 0.3) is 0 Å². The number of rotatable bonds is 6. The Morgan fingerprint density at radius 2 is 2.09 bits per heavy atom. The Bertz CT molecular complexity index is 581. The van der Waals surface area contributed by atoms with E-state index in [1.807, 2.05) is 44.2 Å². The molecule has 0 fully saturated rings. The number of carbonyl (C=O) groups excluding carboxylic acids is 2. The summed E-state index contributed by atoms with van der Waals surface area (Å²) in [5.41, 5.74) is 2.30. The van der Waals surface area contributed by atoms with Crippen LogP contribution in [0.1, 0.15) is 31.7 Å². The van der Waals surface area contributed by atoms with Crippen molar-refractivity contribution in [2.24, 2.45) is 0 Å². The first-order valence-electron chi connectivity index (χ1n) is 7.71. The monoisotopic (exact) mass is 301 g/mol. The summed E-state index contributed by atoms with van der Waals surface area (Å²) >= 11 is 0. The minimum Gasteiger partial charge on any atom is -0.324 e. The first-order valence-corrected chi connectivity index (χ1v) is 7.71. The number of hydrogen-bond donors (Lipinski definition) is 3. The molecule has 0 spiro atoms. The lowest BCUT2D eigenvalue weighted by Crippen LogP contribution is -2.35. The number of hydrogen-bond acceptors (Lipinski definition) is 3. The molecule has 0 radical (unpaired) electrons. The zero-order valence-electron chi connectivity index (χ0n) is 13.1. The predicted octanol–water partition coefficient (Wildman–Crippen LogP) is 2.59. The van der Waals surface area contributed by atoms with Crippen molar-refractivity contribution in [1.82, 2.24) is 5.32 Å². The Hall–Kier alpha value is -2.14. The molecule has 1 aliphatic rings. The van der Waals surface area contributed by atoms with Crippen LogP contribution in [0, 0.1) is 6.92 Å². The molecule has 0 saturated carbocycles. The third-order valence-corrected chi connectivity index (χ3v) is 3.53. The molecular formula is C17H23N3O2. The van der Waals surface area contributed by atoms with E-state index in [9.17, 15) is 9.59 Å². The van der Waals surface area contributed by atoms with Gasteiger partial charge in [-0.2, -0.15) is 0 Å². The summed E-state index contributed by atoms with van der Waals surface area (Å²) in [7, 11) is 0. The molecule has 0 saturated heterocycles. The molecular weight excluding hydrogens is 278 g/mol. The van der Waals surface area contributed by atoms with Gasteiger partial charge in [-0.25, -0.2) is 0 Å². The second-order valence-electron chi connectivity index (χ2n) is 5.50. The lowest BCUT2D eigenvalue weighted by molar-refractivity contribution is -0.117. The molecule has 0 bridgehead atoms. The maximum absolute atomic E-state index is 12.2. The molecule has 0 aliphatic carbocycles. The summed E-state index contributed by atoms with van der Waals surface area (Å²) in [5, 5.41) is 8.83. The number of aryl methyl sites for hydroxylation is 1. The fraction of sp³-hybridized carbons (Fsp3) is 0.412. The summed E-state index contributed by atoms with van der Waals surface area (Å²) in [4.78, 5) is 24.1. The summed E-state index contributed by atoms with van der Waals surface area (Å²) in [6.45, 7) is 4.70. The molecule has 22 heavy (non-hydrogen) atoms. The van der Waals surface area contributed by atoms with Crippen LogP contribution >= 0.6 is 0 Å². The highest BCUT2D eigenvalue weighted by Crippen LogP contribution is 2.24. The molecule has 118 valence electrons. The summed E-state index contributed by atoms with van der Waals surface area (Å²) in [5.74, 6) is -0.150. The highest BCUT2D eigenvalue weighted by Gasteiger charge is 2.19. The second-order valence-corrected chi connectivity index (χ2v) is 5.50. The van der Waals surface area contributed by atoms with E-state index in [0.717, 1.165) is 18.4 Å². The lowest BCUT2D eigenvalue weighted by Gasteiger charge is -2.15. The number of benzene rings is 1. The van der Waals surface area contributed by atoms with Gasteiger partial charge in [0.2, 0.25) is 11.8 Å². The average molecular weight is 301 g/mol. The largest absolute Gasteiger partial charge is 0.324 e. The average Bonchev–Trinajstić information content (AvgIpc) is 3.02. The standard InChI is InChI=1S/C17H23N3O2/c1-3-4-7-16(21)19-13-9-8-12(2)11-15(13)20-17(22)14-6-5-10-18-14/h5-6,8-9,11,14,18H,3-4,7,10H2,1-2H3,(H,19,21)(H,20,22). The molecule has 5 heteroatoms. The van der Waals surface area contributed by atoms with Crippen molar-refractivity contribution >= 4 is 23.2 Å². The van der Waals surface area contributed by atoms with E-state index >= 15 is 0 Å². The van der Waals surface area contributed by atoms with Crippen molar-refractivity contribution in [2.75, 3.05) is 17.2 Å². The zero-order valence-corrected chi connectivity index (χ0v) is 13.1. The molecule has 1 atom stereocenters. The first-order chi connectivity index (χ1) is 10.6. The van der Waals surface area contributed by atoms with Gasteiger partial charge in [0.25, 0.3) is 0 Å². The quantitative estimate of drug-likeness (QED) is 0.707. The van der Waals surface area contributed by atoms with Gasteiger partial charge in [0.15, 0.2) is 0 Å². The van der Waals surface area contributed by atoms with E-state index in [-0.39, 0.29) is 17.9 Å². The first kappa shape index (κ1) is 16.2. The lowest BCUT2D eigenvalue weighted by atomic mass is 10.1. The summed E-state index contributed by atoms with van der Waals surface area (Å²) in [6.07, 6.45) is 6.09. The van der Waals surface area contributed by atoms with Gasteiger partial charge in [-0.3, -0.25) is 14.9 Å². The van der Waals surface area contributed by atoms with E-state index in [1.165, 1.54) is 0 Å². The third-order valence-electron chi connectivity index (χ3n) is 3.53. The molecule has 1 heterocycles.